The molecule has 20 heavy (non-hydrogen) atoms. The molecule has 1 aliphatic rings. The van der Waals surface area contributed by atoms with Crippen molar-refractivity contribution in [3.63, 3.8) is 0 Å². The van der Waals surface area contributed by atoms with Gasteiger partial charge in [-0.25, -0.2) is 0 Å². The first-order chi connectivity index (χ1) is 9.41. The maximum atomic E-state index is 12.4. The molecule has 0 radical (unpaired) electrons. The summed E-state index contributed by atoms with van der Waals surface area (Å²) >= 11 is 0. The fourth-order valence-corrected chi connectivity index (χ4v) is 2.45. The third kappa shape index (κ3) is 1.43. The molecule has 0 saturated heterocycles. The van der Waals surface area contributed by atoms with Gasteiger partial charge < -0.3 is 15.3 Å². The van der Waals surface area contributed by atoms with Gasteiger partial charge >= 0.3 is 0 Å². The zero-order valence-electron chi connectivity index (χ0n) is 10.5. The molecule has 1 aliphatic carbocycles. The lowest BCUT2D eigenvalue weighted by atomic mass is 9.82. The van der Waals surface area contributed by atoms with Crippen LogP contribution in [0.4, 0.5) is 0 Å². The van der Waals surface area contributed by atoms with E-state index in [4.69, 9.17) is 0 Å². The normalized spacial score (nSPS) is 13.1. The first-order valence-electron chi connectivity index (χ1n) is 5.89. The molecule has 0 saturated carbocycles. The van der Waals surface area contributed by atoms with Gasteiger partial charge in [-0.2, -0.15) is 0 Å². The molecule has 0 bridgehead atoms. The smallest absolute Gasteiger partial charge is 0.198 e. The minimum atomic E-state index is -0.618. The number of aromatic hydroxyl groups is 3. The van der Waals surface area contributed by atoms with Crippen LogP contribution in [0.1, 0.15) is 37.4 Å². The number of ketones is 2. The van der Waals surface area contributed by atoms with Crippen LogP contribution in [0.3, 0.4) is 0 Å². The molecule has 3 rings (SSSR count). The number of phenolic OH excluding ortho intramolecular Hbond substituents is 3. The van der Waals surface area contributed by atoms with Crippen LogP contribution < -0.4 is 0 Å². The van der Waals surface area contributed by atoms with Gasteiger partial charge in [0.25, 0.3) is 0 Å². The summed E-state index contributed by atoms with van der Waals surface area (Å²) < 4.78 is 0. The molecular formula is C15H10O5. The molecule has 0 spiro atoms. The fraction of sp³-hybridized carbons (Fsp3) is 0.0667. The summed E-state index contributed by atoms with van der Waals surface area (Å²) in [5.41, 5.74) is 0.314. The molecule has 0 aromatic heterocycles. The van der Waals surface area contributed by atoms with Crippen molar-refractivity contribution in [3.8, 4) is 17.2 Å². The van der Waals surface area contributed by atoms with Crippen molar-refractivity contribution in [1.29, 1.82) is 0 Å². The Hall–Kier alpha value is -2.82. The molecule has 0 fully saturated rings. The Morgan fingerprint density at radius 3 is 2.15 bits per heavy atom. The second-order valence-electron chi connectivity index (χ2n) is 4.72. The third-order valence-electron chi connectivity index (χ3n) is 3.36. The maximum Gasteiger partial charge on any atom is 0.198 e. The van der Waals surface area contributed by atoms with Gasteiger partial charge in [-0.1, -0.05) is 0 Å². The van der Waals surface area contributed by atoms with E-state index >= 15 is 0 Å². The van der Waals surface area contributed by atoms with Crippen molar-refractivity contribution in [2.24, 2.45) is 0 Å². The Labute approximate surface area is 113 Å². The quantitative estimate of drug-likeness (QED) is 0.542. The van der Waals surface area contributed by atoms with E-state index in [0.717, 1.165) is 6.07 Å². The lowest BCUT2D eigenvalue weighted by Crippen LogP contribution is -2.21. The summed E-state index contributed by atoms with van der Waals surface area (Å²) in [5, 5.41) is 29.2. The zero-order chi connectivity index (χ0) is 14.6. The number of rotatable bonds is 0. The van der Waals surface area contributed by atoms with Crippen molar-refractivity contribution in [2.45, 2.75) is 6.92 Å². The van der Waals surface area contributed by atoms with E-state index in [9.17, 15) is 24.9 Å². The highest BCUT2D eigenvalue weighted by atomic mass is 16.3. The number of hydrogen-bond acceptors (Lipinski definition) is 5. The SMILES string of the molecule is Cc1cc(O)c2c(c1)C(=O)c1c(ccc(O)c1O)C2=O. The van der Waals surface area contributed by atoms with Crippen molar-refractivity contribution >= 4 is 11.6 Å². The lowest BCUT2D eigenvalue weighted by Gasteiger charge is -2.20. The molecule has 0 aliphatic heterocycles. The number of phenols is 3. The highest BCUT2D eigenvalue weighted by Gasteiger charge is 2.35. The first kappa shape index (κ1) is 12.2. The molecular weight excluding hydrogens is 260 g/mol. The summed E-state index contributed by atoms with van der Waals surface area (Å²) in [5.74, 6) is -2.50. The molecule has 0 unspecified atom stereocenters. The lowest BCUT2D eigenvalue weighted by molar-refractivity contribution is 0.0973. The average Bonchev–Trinajstić information content (AvgIpc) is 2.38. The van der Waals surface area contributed by atoms with Crippen LogP contribution in [0.15, 0.2) is 24.3 Å². The Balaban J connectivity index is 2.40. The van der Waals surface area contributed by atoms with E-state index in [-0.39, 0.29) is 28.0 Å². The predicted octanol–water partition coefficient (Wildman–Crippen LogP) is 1.89. The fourth-order valence-electron chi connectivity index (χ4n) is 2.45. The van der Waals surface area contributed by atoms with Gasteiger partial charge in [-0.05, 0) is 36.8 Å². The van der Waals surface area contributed by atoms with Gasteiger partial charge in [-0.15, -0.1) is 0 Å². The van der Waals surface area contributed by atoms with Crippen LogP contribution in [0, 0.1) is 6.92 Å². The number of aryl methyl sites for hydroxylation is 1. The van der Waals surface area contributed by atoms with Gasteiger partial charge in [-0.3, -0.25) is 9.59 Å². The van der Waals surface area contributed by atoms with Gasteiger partial charge in [0.1, 0.15) is 5.75 Å². The molecule has 5 heteroatoms. The number of carbonyl (C=O) groups is 2. The molecule has 100 valence electrons. The molecule has 3 N–H and O–H groups in total. The van der Waals surface area contributed by atoms with Crippen molar-refractivity contribution in [3.05, 3.63) is 52.1 Å². The zero-order valence-corrected chi connectivity index (χ0v) is 10.5. The monoisotopic (exact) mass is 270 g/mol. The number of carbonyl (C=O) groups excluding carboxylic acids is 2. The van der Waals surface area contributed by atoms with E-state index in [1.165, 1.54) is 18.2 Å². The number of fused-ring (bicyclic) bond motifs is 2. The van der Waals surface area contributed by atoms with Crippen molar-refractivity contribution in [2.75, 3.05) is 0 Å². The van der Waals surface area contributed by atoms with Gasteiger partial charge in [0.05, 0.1) is 11.1 Å². The molecule has 2 aromatic carbocycles. The molecule has 5 nitrogen and oxygen atoms in total. The van der Waals surface area contributed by atoms with Gasteiger partial charge in [0.2, 0.25) is 0 Å². The standard InChI is InChI=1S/C15H10O5/c1-6-4-8-11(10(17)5-6)13(18)7-2-3-9(16)15(20)12(7)14(8)19/h2-5,16-17,20H,1H3. The second-order valence-corrected chi connectivity index (χ2v) is 4.72. The van der Waals surface area contributed by atoms with Crippen molar-refractivity contribution in [1.82, 2.24) is 0 Å². The van der Waals surface area contributed by atoms with Crippen LogP contribution in [0.2, 0.25) is 0 Å². The molecule has 0 amide bonds. The summed E-state index contributed by atoms with van der Waals surface area (Å²) in [6.07, 6.45) is 0. The average molecular weight is 270 g/mol. The van der Waals surface area contributed by atoms with E-state index < -0.39 is 23.1 Å². The summed E-state index contributed by atoms with van der Waals surface area (Å²) in [4.78, 5) is 24.7. The topological polar surface area (TPSA) is 94.8 Å². The van der Waals surface area contributed by atoms with E-state index in [0.29, 0.717) is 5.56 Å². The molecule has 0 heterocycles. The van der Waals surface area contributed by atoms with Crippen LogP contribution >= 0.6 is 0 Å². The summed E-state index contributed by atoms with van der Waals surface area (Å²) in [6.45, 7) is 1.68. The second kappa shape index (κ2) is 3.84. The van der Waals surface area contributed by atoms with E-state index in [1.807, 2.05) is 0 Å². The van der Waals surface area contributed by atoms with Crippen LogP contribution in [-0.2, 0) is 0 Å². The maximum absolute atomic E-state index is 12.4. The Kier molecular flexibility index (Phi) is 2.34. The summed E-state index contributed by atoms with van der Waals surface area (Å²) in [6, 6.07) is 5.26. The number of benzene rings is 2. The largest absolute Gasteiger partial charge is 0.507 e. The van der Waals surface area contributed by atoms with Gasteiger partial charge in [0.15, 0.2) is 23.1 Å². The Morgan fingerprint density at radius 1 is 0.800 bits per heavy atom. The van der Waals surface area contributed by atoms with Crippen molar-refractivity contribution < 1.29 is 24.9 Å². The van der Waals surface area contributed by atoms with Crippen LogP contribution in [0.5, 0.6) is 17.2 Å². The molecule has 2 aromatic rings. The molecule has 0 atom stereocenters. The van der Waals surface area contributed by atoms with Crippen LogP contribution in [-0.4, -0.2) is 26.9 Å². The van der Waals surface area contributed by atoms with E-state index in [2.05, 4.69) is 0 Å². The van der Waals surface area contributed by atoms with Crippen LogP contribution in [0.25, 0.3) is 0 Å². The minimum Gasteiger partial charge on any atom is -0.507 e. The highest BCUT2D eigenvalue weighted by molar-refractivity contribution is 6.30. The van der Waals surface area contributed by atoms with Gasteiger partial charge in [0, 0.05) is 11.1 Å². The van der Waals surface area contributed by atoms with E-state index in [1.54, 1.807) is 6.92 Å². The number of hydrogen-bond donors (Lipinski definition) is 3. The first-order valence-corrected chi connectivity index (χ1v) is 5.89. The Morgan fingerprint density at radius 2 is 1.45 bits per heavy atom. The highest BCUT2D eigenvalue weighted by Crippen LogP contribution is 2.40. The minimum absolute atomic E-state index is 0.0286. The predicted molar refractivity (Wildman–Crippen MR) is 69.5 cm³/mol. The Bertz CT molecular complexity index is 789. The third-order valence-corrected chi connectivity index (χ3v) is 3.36. The summed E-state index contributed by atoms with van der Waals surface area (Å²) in [7, 11) is 0.